The minimum Gasteiger partial charge on any atom is -0.471 e. The van der Waals surface area contributed by atoms with Crippen molar-refractivity contribution < 1.29 is 17.9 Å². The molecule has 0 saturated heterocycles. The van der Waals surface area contributed by atoms with Crippen molar-refractivity contribution in [1.29, 1.82) is 5.26 Å². The minimum atomic E-state index is -4.41. The minimum absolute atomic E-state index is 0.00835. The third kappa shape index (κ3) is 4.24. The van der Waals surface area contributed by atoms with E-state index < -0.39 is 11.7 Å². The highest BCUT2D eigenvalue weighted by Crippen LogP contribution is 2.29. The molecule has 1 aromatic rings. The predicted molar refractivity (Wildman–Crippen MR) is 62.3 cm³/mol. The standard InChI is InChI=1S/C10H6F3NOS2/c11-10(12,13)8-3-1-2-7(4-8)9(16)15-6-17-5-14/h1-4H,6H2. The Morgan fingerprint density at radius 2 is 2.18 bits per heavy atom. The SMILES string of the molecule is N#CSCOC(=S)c1cccc(C(F)(F)F)c1. The fourth-order valence-corrected chi connectivity index (χ4v) is 1.51. The van der Waals surface area contributed by atoms with E-state index in [1.165, 1.54) is 12.1 Å². The van der Waals surface area contributed by atoms with Gasteiger partial charge in [-0.05, 0) is 36.1 Å². The van der Waals surface area contributed by atoms with Crippen molar-refractivity contribution >= 4 is 29.0 Å². The van der Waals surface area contributed by atoms with Crippen LogP contribution >= 0.6 is 24.0 Å². The fraction of sp³-hybridized carbons (Fsp3) is 0.200. The molecule has 0 aromatic heterocycles. The van der Waals surface area contributed by atoms with E-state index in [0.717, 1.165) is 23.9 Å². The number of rotatable bonds is 3. The Bertz CT molecular complexity index is 454. The molecule has 0 atom stereocenters. The number of halogens is 3. The first kappa shape index (κ1) is 13.8. The molecule has 0 heterocycles. The topological polar surface area (TPSA) is 33.0 Å². The predicted octanol–water partition coefficient (Wildman–Crippen LogP) is 3.57. The van der Waals surface area contributed by atoms with Crippen molar-refractivity contribution in [2.24, 2.45) is 0 Å². The number of ether oxygens (including phenoxy) is 1. The molecule has 0 amide bonds. The average molecular weight is 277 g/mol. The molecule has 0 bridgehead atoms. The Balaban J connectivity index is 2.79. The van der Waals surface area contributed by atoms with Crippen LogP contribution in [0.15, 0.2) is 24.3 Å². The highest BCUT2D eigenvalue weighted by molar-refractivity contribution is 8.03. The number of thiocyanates is 1. The van der Waals surface area contributed by atoms with Crippen LogP contribution in [-0.2, 0) is 10.9 Å². The number of thioether (sulfide) groups is 1. The quantitative estimate of drug-likeness (QED) is 0.366. The summed E-state index contributed by atoms with van der Waals surface area (Å²) in [4.78, 5) is 0. The molecule has 0 N–H and O–H groups in total. The van der Waals surface area contributed by atoms with Crippen molar-refractivity contribution in [3.05, 3.63) is 35.4 Å². The summed E-state index contributed by atoms with van der Waals surface area (Å²) in [6, 6.07) is 4.55. The van der Waals surface area contributed by atoms with Crippen LogP contribution in [0.25, 0.3) is 0 Å². The number of alkyl halides is 3. The van der Waals surface area contributed by atoms with Gasteiger partial charge >= 0.3 is 6.18 Å². The average Bonchev–Trinajstić information content (AvgIpc) is 2.28. The lowest BCUT2D eigenvalue weighted by molar-refractivity contribution is -0.137. The normalized spacial score (nSPS) is 10.7. The molecule has 0 saturated carbocycles. The first-order chi connectivity index (χ1) is 7.95. The maximum Gasteiger partial charge on any atom is 0.416 e. The molecule has 1 rings (SSSR count). The van der Waals surface area contributed by atoms with Gasteiger partial charge in [0.1, 0.15) is 11.3 Å². The summed E-state index contributed by atoms with van der Waals surface area (Å²) in [5.74, 6) is -0.00835. The van der Waals surface area contributed by atoms with Gasteiger partial charge in [-0.2, -0.15) is 18.4 Å². The summed E-state index contributed by atoms with van der Waals surface area (Å²) in [7, 11) is 0. The lowest BCUT2D eigenvalue weighted by Crippen LogP contribution is -2.08. The van der Waals surface area contributed by atoms with Gasteiger partial charge in [0.15, 0.2) is 5.05 Å². The van der Waals surface area contributed by atoms with Gasteiger partial charge in [0, 0.05) is 5.56 Å². The number of hydrogen-bond acceptors (Lipinski definition) is 4. The number of thiocarbonyl (C=S) groups is 1. The van der Waals surface area contributed by atoms with E-state index >= 15 is 0 Å². The van der Waals surface area contributed by atoms with Gasteiger partial charge < -0.3 is 4.74 Å². The zero-order valence-electron chi connectivity index (χ0n) is 8.32. The second-order valence-corrected chi connectivity index (χ2v) is 3.94. The molecular weight excluding hydrogens is 271 g/mol. The zero-order valence-corrected chi connectivity index (χ0v) is 9.96. The second-order valence-electron chi connectivity index (χ2n) is 2.86. The van der Waals surface area contributed by atoms with Gasteiger partial charge in [-0.15, -0.1) is 0 Å². The Labute approximate surface area is 105 Å². The molecule has 0 aliphatic heterocycles. The van der Waals surface area contributed by atoms with Crippen molar-refractivity contribution in [3.8, 4) is 5.40 Å². The third-order valence-electron chi connectivity index (χ3n) is 1.74. The van der Waals surface area contributed by atoms with Crippen molar-refractivity contribution in [1.82, 2.24) is 0 Å². The van der Waals surface area contributed by atoms with Crippen LogP contribution in [0.4, 0.5) is 13.2 Å². The molecule has 90 valence electrons. The molecule has 2 nitrogen and oxygen atoms in total. The van der Waals surface area contributed by atoms with E-state index in [9.17, 15) is 13.2 Å². The van der Waals surface area contributed by atoms with Gasteiger partial charge in [-0.25, -0.2) is 0 Å². The van der Waals surface area contributed by atoms with Crippen molar-refractivity contribution in [2.75, 3.05) is 5.94 Å². The van der Waals surface area contributed by atoms with Gasteiger partial charge in [0.2, 0.25) is 0 Å². The van der Waals surface area contributed by atoms with E-state index in [-0.39, 0.29) is 16.6 Å². The zero-order chi connectivity index (χ0) is 12.9. The summed E-state index contributed by atoms with van der Waals surface area (Å²) in [5, 5.41) is 9.95. The smallest absolute Gasteiger partial charge is 0.416 e. The summed E-state index contributed by atoms with van der Waals surface area (Å²) >= 11 is 5.62. The lowest BCUT2D eigenvalue weighted by Gasteiger charge is -2.09. The van der Waals surface area contributed by atoms with Gasteiger partial charge in [0.05, 0.1) is 5.56 Å². The van der Waals surface area contributed by atoms with Crippen LogP contribution in [0.3, 0.4) is 0 Å². The van der Waals surface area contributed by atoms with Crippen LogP contribution in [0.5, 0.6) is 0 Å². The Morgan fingerprint density at radius 1 is 1.47 bits per heavy atom. The van der Waals surface area contributed by atoms with E-state index in [4.69, 9.17) is 22.2 Å². The lowest BCUT2D eigenvalue weighted by atomic mass is 10.1. The number of nitrogens with zero attached hydrogens (tertiary/aromatic N) is 1. The van der Waals surface area contributed by atoms with Crippen LogP contribution in [-0.4, -0.2) is 11.0 Å². The highest BCUT2D eigenvalue weighted by atomic mass is 32.2. The molecule has 1 aromatic carbocycles. The molecule has 0 aliphatic carbocycles. The molecule has 17 heavy (non-hydrogen) atoms. The van der Waals surface area contributed by atoms with Crippen LogP contribution in [0.2, 0.25) is 0 Å². The summed E-state index contributed by atoms with van der Waals surface area (Å²) in [5.41, 5.74) is -0.609. The number of hydrogen-bond donors (Lipinski definition) is 0. The molecule has 7 heteroatoms. The second kappa shape index (κ2) is 5.89. The first-order valence-corrected chi connectivity index (χ1v) is 5.70. The summed E-state index contributed by atoms with van der Waals surface area (Å²) in [6.45, 7) is 0. The third-order valence-corrected chi connectivity index (χ3v) is 2.46. The van der Waals surface area contributed by atoms with E-state index in [1.807, 2.05) is 0 Å². The van der Waals surface area contributed by atoms with Crippen molar-refractivity contribution in [2.45, 2.75) is 6.18 Å². The first-order valence-electron chi connectivity index (χ1n) is 4.30. The number of benzene rings is 1. The van der Waals surface area contributed by atoms with E-state index in [0.29, 0.717) is 0 Å². The maximum absolute atomic E-state index is 12.4. The molecular formula is C10H6F3NOS2. The Hall–Kier alpha value is -1.26. The largest absolute Gasteiger partial charge is 0.471 e. The van der Waals surface area contributed by atoms with E-state index in [1.54, 1.807) is 5.40 Å². The van der Waals surface area contributed by atoms with Crippen molar-refractivity contribution in [3.63, 3.8) is 0 Å². The van der Waals surface area contributed by atoms with Crippen LogP contribution in [0.1, 0.15) is 11.1 Å². The molecule has 0 unspecified atom stereocenters. The molecule has 0 aliphatic rings. The monoisotopic (exact) mass is 277 g/mol. The number of nitriles is 1. The van der Waals surface area contributed by atoms with Gasteiger partial charge in [-0.3, -0.25) is 0 Å². The molecule has 0 radical (unpaired) electrons. The summed E-state index contributed by atoms with van der Waals surface area (Å²) in [6.07, 6.45) is -4.41. The Morgan fingerprint density at radius 3 is 2.76 bits per heavy atom. The Kier molecular flexibility index (Phi) is 4.78. The molecule has 0 fully saturated rings. The molecule has 0 spiro atoms. The van der Waals surface area contributed by atoms with Crippen LogP contribution < -0.4 is 0 Å². The van der Waals surface area contributed by atoms with E-state index in [2.05, 4.69) is 0 Å². The summed E-state index contributed by atoms with van der Waals surface area (Å²) < 4.78 is 42.2. The fourth-order valence-electron chi connectivity index (χ4n) is 1.02. The highest BCUT2D eigenvalue weighted by Gasteiger charge is 2.30. The van der Waals surface area contributed by atoms with Gasteiger partial charge in [0.25, 0.3) is 0 Å². The maximum atomic E-state index is 12.4. The van der Waals surface area contributed by atoms with Gasteiger partial charge in [-0.1, -0.05) is 12.1 Å². The van der Waals surface area contributed by atoms with Crippen LogP contribution in [0, 0.1) is 10.7 Å².